The van der Waals surface area contributed by atoms with Crippen LogP contribution < -0.4 is 10.1 Å². The Hall–Kier alpha value is -2.52. The van der Waals surface area contributed by atoms with E-state index in [1.165, 1.54) is 4.31 Å². The Labute approximate surface area is 158 Å². The minimum Gasteiger partial charge on any atom is -0.494 e. The van der Waals surface area contributed by atoms with E-state index in [0.29, 0.717) is 32.0 Å². The molecule has 0 bridgehead atoms. The predicted molar refractivity (Wildman–Crippen MR) is 98.9 cm³/mol. The molecule has 2 aromatic rings. The van der Waals surface area contributed by atoms with E-state index in [-0.39, 0.29) is 24.0 Å². The quantitative estimate of drug-likeness (QED) is 0.809. The minimum absolute atomic E-state index is 0.214. The number of benzene rings is 1. The number of carbonyl (C=O) groups is 1. The van der Waals surface area contributed by atoms with Crippen molar-refractivity contribution in [1.29, 1.82) is 0 Å². The van der Waals surface area contributed by atoms with Crippen molar-refractivity contribution in [2.75, 3.05) is 32.8 Å². The van der Waals surface area contributed by atoms with Crippen molar-refractivity contribution in [1.82, 2.24) is 14.5 Å². The number of nitrogens with zero attached hydrogens (tertiary/aromatic N) is 2. The van der Waals surface area contributed by atoms with E-state index >= 15 is 0 Å². The minimum atomic E-state index is -3.58. The molecular formula is C18H23N3O5S. The second-order valence-corrected chi connectivity index (χ2v) is 8.02. The largest absolute Gasteiger partial charge is 0.494 e. The van der Waals surface area contributed by atoms with Crippen LogP contribution in [0, 0.1) is 0 Å². The van der Waals surface area contributed by atoms with E-state index in [2.05, 4.69) is 5.32 Å². The normalized spacial score (nSPS) is 15.5. The number of piperazine rings is 1. The van der Waals surface area contributed by atoms with Crippen LogP contribution in [-0.4, -0.2) is 56.4 Å². The maximum atomic E-state index is 12.8. The Bertz CT molecular complexity index is 842. The fourth-order valence-electron chi connectivity index (χ4n) is 2.84. The molecule has 27 heavy (non-hydrogen) atoms. The highest BCUT2D eigenvalue weighted by atomic mass is 32.2. The third kappa shape index (κ3) is 4.61. The van der Waals surface area contributed by atoms with Gasteiger partial charge in [0.05, 0.1) is 24.0 Å². The number of carbonyl (C=O) groups excluding carboxylic acids is 1. The lowest BCUT2D eigenvalue weighted by atomic mass is 10.3. The standard InChI is InChI=1S/C18H23N3O5S/c1-2-26-16-3-5-17(6-4-16)27(23,24)21-10-8-20(9-11-21)18(22)19-13-15-7-12-25-14-15/h3-7,12,14H,2,8-11,13H2,1H3,(H,19,22). The first-order valence-electron chi connectivity index (χ1n) is 8.77. The molecular weight excluding hydrogens is 370 g/mol. The lowest BCUT2D eigenvalue weighted by Gasteiger charge is -2.34. The molecule has 1 aliphatic rings. The third-order valence-corrected chi connectivity index (χ3v) is 6.24. The molecule has 3 rings (SSSR count). The lowest BCUT2D eigenvalue weighted by molar-refractivity contribution is 0.172. The number of hydrogen-bond acceptors (Lipinski definition) is 5. The van der Waals surface area contributed by atoms with Crippen LogP contribution in [0.4, 0.5) is 4.79 Å². The first kappa shape index (κ1) is 19.2. The van der Waals surface area contributed by atoms with Crippen LogP contribution in [0.15, 0.2) is 52.2 Å². The van der Waals surface area contributed by atoms with E-state index < -0.39 is 10.0 Å². The van der Waals surface area contributed by atoms with Crippen molar-refractivity contribution in [2.45, 2.75) is 18.4 Å². The summed E-state index contributed by atoms with van der Waals surface area (Å²) in [5.41, 5.74) is 0.875. The second kappa shape index (κ2) is 8.45. The summed E-state index contributed by atoms with van der Waals surface area (Å²) < 4.78 is 37.2. The molecule has 0 saturated carbocycles. The number of sulfonamides is 1. The number of furan rings is 1. The molecule has 2 heterocycles. The molecule has 0 spiro atoms. The monoisotopic (exact) mass is 393 g/mol. The highest BCUT2D eigenvalue weighted by molar-refractivity contribution is 7.89. The molecule has 1 saturated heterocycles. The fraction of sp³-hybridized carbons (Fsp3) is 0.389. The van der Waals surface area contributed by atoms with Crippen LogP contribution in [0.2, 0.25) is 0 Å². The molecule has 1 aromatic heterocycles. The smallest absolute Gasteiger partial charge is 0.317 e. The van der Waals surface area contributed by atoms with Gasteiger partial charge in [-0.2, -0.15) is 4.31 Å². The maximum Gasteiger partial charge on any atom is 0.317 e. The summed E-state index contributed by atoms with van der Waals surface area (Å²) >= 11 is 0. The number of ether oxygens (including phenoxy) is 1. The van der Waals surface area contributed by atoms with Crippen LogP contribution in [0.5, 0.6) is 5.75 Å². The Morgan fingerprint density at radius 3 is 2.44 bits per heavy atom. The van der Waals surface area contributed by atoms with Gasteiger partial charge in [0.15, 0.2) is 0 Å². The topological polar surface area (TPSA) is 92.1 Å². The first-order valence-corrected chi connectivity index (χ1v) is 10.2. The van der Waals surface area contributed by atoms with E-state index in [0.717, 1.165) is 5.56 Å². The average Bonchev–Trinajstić information content (AvgIpc) is 3.20. The van der Waals surface area contributed by atoms with Crippen molar-refractivity contribution in [2.24, 2.45) is 0 Å². The zero-order chi connectivity index (χ0) is 19.3. The predicted octanol–water partition coefficient (Wildman–Crippen LogP) is 1.89. The summed E-state index contributed by atoms with van der Waals surface area (Å²) in [6, 6.07) is 7.96. The van der Waals surface area contributed by atoms with Gasteiger partial charge in [-0.1, -0.05) is 0 Å². The zero-order valence-electron chi connectivity index (χ0n) is 15.1. The molecule has 9 heteroatoms. The van der Waals surface area contributed by atoms with Gasteiger partial charge in [-0.05, 0) is 37.3 Å². The van der Waals surface area contributed by atoms with Crippen molar-refractivity contribution >= 4 is 16.1 Å². The molecule has 146 valence electrons. The molecule has 1 aliphatic heterocycles. The molecule has 0 aliphatic carbocycles. The molecule has 1 fully saturated rings. The number of amides is 2. The SMILES string of the molecule is CCOc1ccc(S(=O)(=O)N2CCN(C(=O)NCc3ccoc3)CC2)cc1. The Morgan fingerprint density at radius 2 is 1.85 bits per heavy atom. The first-order chi connectivity index (χ1) is 13.0. The van der Waals surface area contributed by atoms with E-state index in [1.54, 1.807) is 47.8 Å². The highest BCUT2D eigenvalue weighted by Gasteiger charge is 2.30. The van der Waals surface area contributed by atoms with Gasteiger partial charge < -0.3 is 19.4 Å². The fourth-order valence-corrected chi connectivity index (χ4v) is 4.26. The van der Waals surface area contributed by atoms with Gasteiger partial charge in [-0.3, -0.25) is 0 Å². The number of rotatable bonds is 6. The summed E-state index contributed by atoms with van der Waals surface area (Å²) in [4.78, 5) is 14.1. The Morgan fingerprint density at radius 1 is 1.15 bits per heavy atom. The van der Waals surface area contributed by atoms with Crippen LogP contribution in [0.1, 0.15) is 12.5 Å². The van der Waals surface area contributed by atoms with E-state index in [9.17, 15) is 13.2 Å². The van der Waals surface area contributed by atoms with Crippen LogP contribution in [0.3, 0.4) is 0 Å². The van der Waals surface area contributed by atoms with Gasteiger partial charge in [-0.25, -0.2) is 13.2 Å². The number of urea groups is 1. The van der Waals surface area contributed by atoms with Crippen molar-refractivity contribution in [3.05, 3.63) is 48.4 Å². The number of hydrogen-bond donors (Lipinski definition) is 1. The third-order valence-electron chi connectivity index (χ3n) is 4.32. The van der Waals surface area contributed by atoms with Crippen LogP contribution in [0.25, 0.3) is 0 Å². The van der Waals surface area contributed by atoms with Crippen molar-refractivity contribution in [3.8, 4) is 5.75 Å². The molecule has 8 nitrogen and oxygen atoms in total. The Balaban J connectivity index is 1.55. The molecule has 2 amide bonds. The molecule has 1 N–H and O–H groups in total. The van der Waals surface area contributed by atoms with Crippen LogP contribution >= 0.6 is 0 Å². The summed E-state index contributed by atoms with van der Waals surface area (Å²) in [5, 5.41) is 2.80. The molecule has 0 unspecified atom stereocenters. The summed E-state index contributed by atoms with van der Waals surface area (Å²) in [7, 11) is -3.58. The van der Waals surface area contributed by atoms with E-state index in [1.807, 2.05) is 6.92 Å². The Kier molecular flexibility index (Phi) is 6.02. The second-order valence-electron chi connectivity index (χ2n) is 6.09. The number of nitrogens with one attached hydrogen (secondary N) is 1. The van der Waals surface area contributed by atoms with Crippen LogP contribution in [-0.2, 0) is 16.6 Å². The van der Waals surface area contributed by atoms with Crippen molar-refractivity contribution < 1.29 is 22.4 Å². The average molecular weight is 393 g/mol. The van der Waals surface area contributed by atoms with Gasteiger partial charge >= 0.3 is 6.03 Å². The highest BCUT2D eigenvalue weighted by Crippen LogP contribution is 2.21. The van der Waals surface area contributed by atoms with Gasteiger partial charge in [0.1, 0.15) is 5.75 Å². The lowest BCUT2D eigenvalue weighted by Crippen LogP contribution is -2.52. The van der Waals surface area contributed by atoms with Gasteiger partial charge in [0.2, 0.25) is 10.0 Å². The summed E-state index contributed by atoms with van der Waals surface area (Å²) in [5.74, 6) is 0.635. The molecule has 0 atom stereocenters. The summed E-state index contributed by atoms with van der Waals surface area (Å²) in [6.07, 6.45) is 3.12. The van der Waals surface area contributed by atoms with Crippen molar-refractivity contribution in [3.63, 3.8) is 0 Å². The zero-order valence-corrected chi connectivity index (χ0v) is 15.9. The van der Waals surface area contributed by atoms with E-state index in [4.69, 9.17) is 9.15 Å². The molecule has 0 radical (unpaired) electrons. The van der Waals surface area contributed by atoms with Gasteiger partial charge in [0, 0.05) is 38.3 Å². The van der Waals surface area contributed by atoms with Gasteiger partial charge in [-0.15, -0.1) is 0 Å². The summed E-state index contributed by atoms with van der Waals surface area (Å²) in [6.45, 7) is 3.97. The molecule has 1 aromatic carbocycles. The van der Waals surface area contributed by atoms with Gasteiger partial charge in [0.25, 0.3) is 0 Å². The maximum absolute atomic E-state index is 12.8.